The first-order chi connectivity index (χ1) is 25.7. The third-order valence-corrected chi connectivity index (χ3v) is 9.53. The number of nitrogens with zero attached hydrogens (tertiary/aromatic N) is 11. The topological polar surface area (TPSA) is 191 Å². The van der Waals surface area contributed by atoms with Crippen molar-refractivity contribution in [1.82, 2.24) is 54.6 Å². The summed E-state index contributed by atoms with van der Waals surface area (Å²) in [7, 11) is 0. The number of rotatable bonds is 10. The minimum atomic E-state index is -0.0183. The van der Waals surface area contributed by atoms with Gasteiger partial charge < -0.3 is 30.6 Å². The second kappa shape index (κ2) is 21.8. The van der Waals surface area contributed by atoms with Gasteiger partial charge in [0.05, 0.1) is 39.6 Å². The van der Waals surface area contributed by atoms with Gasteiger partial charge in [0, 0.05) is 78.5 Å². The standard InChI is InChI=1S/C18H26Cl2N8O2.C6Cl4N4.C6H14N2O/c19-14-17(22-2-4-28-7-11-30-12-8-28)24-16-13(23-14)15(25-18(20)26-16)21-1-3-27-5-9-29-10-6-27;7-2-1-5(14-6(10)13-2)12-4(9)3(8)11-1;7-1-2-8-3-5-9-6-4-8/h1-12H2,(H2,21,22,24,25,26);;1-7H2. The molecule has 3 aliphatic heterocycles. The van der Waals surface area contributed by atoms with E-state index >= 15 is 0 Å². The highest BCUT2D eigenvalue weighted by Crippen LogP contribution is 2.26. The van der Waals surface area contributed by atoms with E-state index in [1.807, 2.05) is 0 Å². The maximum absolute atomic E-state index is 6.38. The molecule has 3 saturated heterocycles. The van der Waals surface area contributed by atoms with E-state index in [1.54, 1.807) is 0 Å². The Balaban J connectivity index is 0.000000192. The molecule has 0 atom stereocenters. The number of nitrogens with two attached hydrogens (primary N) is 1. The first-order valence-corrected chi connectivity index (χ1v) is 19.2. The molecule has 0 amide bonds. The smallest absolute Gasteiger partial charge is 0.226 e. The van der Waals surface area contributed by atoms with E-state index in [-0.39, 0.29) is 42.3 Å². The Morgan fingerprint density at radius 1 is 0.472 bits per heavy atom. The molecule has 7 rings (SSSR count). The van der Waals surface area contributed by atoms with Crippen molar-refractivity contribution in [1.29, 1.82) is 0 Å². The molecule has 0 spiro atoms. The van der Waals surface area contributed by atoms with Crippen LogP contribution in [0.15, 0.2) is 0 Å². The van der Waals surface area contributed by atoms with Crippen LogP contribution in [0.2, 0.25) is 31.2 Å². The Kier molecular flexibility index (Phi) is 17.3. The number of hydrogen-bond acceptors (Lipinski definition) is 17. The number of nitrogens with one attached hydrogen (secondary N) is 2. The number of hydrogen-bond donors (Lipinski definition) is 3. The van der Waals surface area contributed by atoms with Crippen molar-refractivity contribution >= 4 is 104 Å². The Bertz CT molecular complexity index is 1770. The first kappa shape index (κ1) is 42.1. The molecule has 4 aromatic rings. The molecule has 0 aromatic carbocycles. The normalized spacial score (nSPS) is 17.2. The predicted molar refractivity (Wildman–Crippen MR) is 208 cm³/mol. The molecular formula is C30H40Cl6N14O3. The molecule has 53 heavy (non-hydrogen) atoms. The maximum atomic E-state index is 6.38. The van der Waals surface area contributed by atoms with Crippen LogP contribution < -0.4 is 16.4 Å². The third kappa shape index (κ3) is 13.3. The van der Waals surface area contributed by atoms with Gasteiger partial charge in [-0.2, -0.15) is 15.0 Å². The summed E-state index contributed by atoms with van der Waals surface area (Å²) in [6.07, 6.45) is 0. The van der Waals surface area contributed by atoms with Gasteiger partial charge in [-0.1, -0.05) is 46.4 Å². The van der Waals surface area contributed by atoms with Crippen LogP contribution in [0.25, 0.3) is 22.3 Å². The Morgan fingerprint density at radius 3 is 1.47 bits per heavy atom. The SMILES string of the molecule is Clc1nc(Cl)c2nc(Cl)c(Cl)nc2n1.Clc1nc(NCCN2CCOCC2)c2nc(Cl)c(NCCN3CCOCC3)nc2n1.NCCN1CCOCC1. The van der Waals surface area contributed by atoms with Gasteiger partial charge in [-0.05, 0) is 23.2 Å². The average Bonchev–Trinajstić information content (AvgIpc) is 3.15. The number of ether oxygens (including phenoxy) is 3. The van der Waals surface area contributed by atoms with E-state index in [1.165, 1.54) is 0 Å². The van der Waals surface area contributed by atoms with Gasteiger partial charge in [0.2, 0.25) is 10.6 Å². The zero-order chi connectivity index (χ0) is 37.6. The second-order valence-corrected chi connectivity index (χ2v) is 13.7. The van der Waals surface area contributed by atoms with E-state index in [0.717, 1.165) is 105 Å². The molecule has 290 valence electrons. The summed E-state index contributed by atoms with van der Waals surface area (Å²) in [5.41, 5.74) is 6.77. The maximum Gasteiger partial charge on any atom is 0.226 e. The lowest BCUT2D eigenvalue weighted by Crippen LogP contribution is -2.39. The van der Waals surface area contributed by atoms with E-state index in [4.69, 9.17) is 89.5 Å². The van der Waals surface area contributed by atoms with Crippen molar-refractivity contribution in [3.8, 4) is 0 Å². The van der Waals surface area contributed by atoms with Crippen molar-refractivity contribution in [3.63, 3.8) is 0 Å². The summed E-state index contributed by atoms with van der Waals surface area (Å²) in [6.45, 7) is 15.6. The van der Waals surface area contributed by atoms with Gasteiger partial charge in [-0.15, -0.1) is 0 Å². The van der Waals surface area contributed by atoms with E-state index < -0.39 is 0 Å². The second-order valence-electron chi connectivity index (χ2n) is 11.6. The Hall–Kier alpha value is -2.10. The molecule has 3 aliphatic rings. The van der Waals surface area contributed by atoms with Crippen molar-refractivity contribution in [3.05, 3.63) is 31.2 Å². The van der Waals surface area contributed by atoms with Crippen molar-refractivity contribution in [2.75, 3.05) is 129 Å². The summed E-state index contributed by atoms with van der Waals surface area (Å²) >= 11 is 35.1. The van der Waals surface area contributed by atoms with Crippen LogP contribution in [0.5, 0.6) is 0 Å². The van der Waals surface area contributed by atoms with Gasteiger partial charge in [0.25, 0.3) is 0 Å². The summed E-state index contributed by atoms with van der Waals surface area (Å²) in [6, 6.07) is 0. The van der Waals surface area contributed by atoms with Crippen molar-refractivity contribution in [2.45, 2.75) is 0 Å². The van der Waals surface area contributed by atoms with Gasteiger partial charge in [-0.3, -0.25) is 14.7 Å². The number of anilines is 2. The van der Waals surface area contributed by atoms with Gasteiger partial charge in [-0.25, -0.2) is 24.9 Å². The predicted octanol–water partition coefficient (Wildman–Crippen LogP) is 3.53. The monoisotopic (exact) mass is 854 g/mol. The summed E-state index contributed by atoms with van der Waals surface area (Å²) in [5.74, 6) is 1.03. The molecule has 0 saturated carbocycles. The van der Waals surface area contributed by atoms with E-state index in [9.17, 15) is 0 Å². The number of halogens is 6. The quantitative estimate of drug-likeness (QED) is 0.155. The minimum absolute atomic E-state index is 0.0183. The van der Waals surface area contributed by atoms with Gasteiger partial charge >= 0.3 is 0 Å². The molecule has 0 radical (unpaired) electrons. The molecule has 3 fully saturated rings. The fourth-order valence-electron chi connectivity index (χ4n) is 5.31. The molecule has 4 aromatic heterocycles. The molecule has 23 heteroatoms. The highest BCUT2D eigenvalue weighted by Gasteiger charge is 2.17. The third-order valence-electron chi connectivity index (χ3n) is 8.04. The zero-order valence-corrected chi connectivity index (χ0v) is 33.3. The fraction of sp³-hybridized carbons (Fsp3) is 0.600. The van der Waals surface area contributed by atoms with Gasteiger partial charge in [0.15, 0.2) is 49.1 Å². The van der Waals surface area contributed by atoms with Crippen LogP contribution >= 0.6 is 69.6 Å². The highest BCUT2D eigenvalue weighted by molar-refractivity contribution is 6.41. The number of fused-ring (bicyclic) bond motifs is 2. The van der Waals surface area contributed by atoms with Crippen LogP contribution in [0.3, 0.4) is 0 Å². The molecule has 0 unspecified atom stereocenters. The average molecular weight is 857 g/mol. The molecule has 4 N–H and O–H groups in total. The molecular weight excluding hydrogens is 817 g/mol. The van der Waals surface area contributed by atoms with Crippen LogP contribution in [0.1, 0.15) is 0 Å². The number of aromatic nitrogens is 8. The summed E-state index contributed by atoms with van der Waals surface area (Å²) in [5, 5.41) is 7.10. The molecule has 0 aliphatic carbocycles. The van der Waals surface area contributed by atoms with Crippen LogP contribution in [0.4, 0.5) is 11.6 Å². The lowest BCUT2D eigenvalue weighted by molar-refractivity contribution is 0.0394. The van der Waals surface area contributed by atoms with Gasteiger partial charge in [0.1, 0.15) is 5.52 Å². The van der Waals surface area contributed by atoms with E-state index in [0.29, 0.717) is 35.9 Å². The summed E-state index contributed by atoms with van der Waals surface area (Å²) in [4.78, 5) is 39.7. The fourth-order valence-corrected chi connectivity index (χ4v) is 6.33. The molecule has 17 nitrogen and oxygen atoms in total. The molecule has 7 heterocycles. The zero-order valence-electron chi connectivity index (χ0n) is 28.7. The highest BCUT2D eigenvalue weighted by atomic mass is 35.5. The largest absolute Gasteiger partial charge is 0.379 e. The minimum Gasteiger partial charge on any atom is -0.379 e. The lowest BCUT2D eigenvalue weighted by atomic mass is 10.4. The van der Waals surface area contributed by atoms with Crippen LogP contribution in [0, 0.1) is 0 Å². The Morgan fingerprint density at radius 2 is 0.925 bits per heavy atom. The Labute approximate surface area is 336 Å². The van der Waals surface area contributed by atoms with Crippen LogP contribution in [-0.2, 0) is 14.2 Å². The lowest BCUT2D eigenvalue weighted by Gasteiger charge is -2.26. The first-order valence-electron chi connectivity index (χ1n) is 16.9. The number of morpholine rings is 3. The molecule has 0 bridgehead atoms. The van der Waals surface area contributed by atoms with Crippen molar-refractivity contribution in [2.24, 2.45) is 5.73 Å². The van der Waals surface area contributed by atoms with E-state index in [2.05, 4.69) is 65.2 Å². The summed E-state index contributed by atoms with van der Waals surface area (Å²) < 4.78 is 15.9. The van der Waals surface area contributed by atoms with Crippen molar-refractivity contribution < 1.29 is 14.2 Å². The van der Waals surface area contributed by atoms with Crippen LogP contribution in [-0.4, -0.2) is 173 Å².